The second kappa shape index (κ2) is 13.2. The van der Waals surface area contributed by atoms with Gasteiger partial charge in [-0.2, -0.15) is 12.6 Å². The van der Waals surface area contributed by atoms with Gasteiger partial charge in [0.15, 0.2) is 0 Å². The van der Waals surface area contributed by atoms with Crippen LogP contribution in [0.1, 0.15) is 97.2 Å². The molecule has 1 saturated carbocycles. The van der Waals surface area contributed by atoms with Gasteiger partial charge in [0.05, 0.1) is 0 Å². The highest BCUT2D eigenvalue weighted by molar-refractivity contribution is 7.80. The molecule has 1 fully saturated rings. The Hall–Kier alpha value is -2.66. The standard InChI is InChI=1S/C29H43N3O4S/c1-8-20-15-17-21(18-16-20)24(25(33)30-22-13-11-10-12-14-22)32(29(6,7)9-2)26(34)23(19-37)31-27(35)36-28(3,4)5/h1,15-18,22-24,37H,9-14,19H2,2-7H3,(H,30,33)(H,31,35). The number of terminal acetylenes is 1. The maximum Gasteiger partial charge on any atom is 0.408 e. The summed E-state index contributed by atoms with van der Waals surface area (Å²) in [7, 11) is 0. The van der Waals surface area contributed by atoms with Gasteiger partial charge >= 0.3 is 6.09 Å². The smallest absolute Gasteiger partial charge is 0.408 e. The average molecular weight is 530 g/mol. The van der Waals surface area contributed by atoms with E-state index in [1.165, 1.54) is 0 Å². The van der Waals surface area contributed by atoms with Crippen LogP contribution in [0, 0.1) is 12.3 Å². The zero-order chi connectivity index (χ0) is 27.8. The first-order valence-electron chi connectivity index (χ1n) is 13.1. The third kappa shape index (κ3) is 8.70. The number of benzene rings is 1. The molecule has 1 aliphatic carbocycles. The number of hydrogen-bond acceptors (Lipinski definition) is 5. The van der Waals surface area contributed by atoms with E-state index in [-0.39, 0.29) is 17.7 Å². The van der Waals surface area contributed by atoms with Crippen molar-refractivity contribution in [3.8, 4) is 12.3 Å². The molecule has 1 aromatic rings. The van der Waals surface area contributed by atoms with E-state index in [9.17, 15) is 14.4 Å². The molecule has 0 aliphatic heterocycles. The number of thiol groups is 1. The first-order valence-corrected chi connectivity index (χ1v) is 13.8. The van der Waals surface area contributed by atoms with Gasteiger partial charge in [-0.15, -0.1) is 6.42 Å². The molecule has 0 bridgehead atoms. The predicted molar refractivity (Wildman–Crippen MR) is 150 cm³/mol. The fourth-order valence-corrected chi connectivity index (χ4v) is 4.70. The fourth-order valence-electron chi connectivity index (χ4n) is 4.45. The van der Waals surface area contributed by atoms with E-state index in [1.807, 2.05) is 20.8 Å². The summed E-state index contributed by atoms with van der Waals surface area (Å²) < 4.78 is 5.38. The van der Waals surface area contributed by atoms with Gasteiger partial charge < -0.3 is 20.3 Å². The molecule has 7 nitrogen and oxygen atoms in total. The Morgan fingerprint density at radius 1 is 1.11 bits per heavy atom. The molecule has 204 valence electrons. The molecule has 1 aromatic carbocycles. The molecule has 0 radical (unpaired) electrons. The number of ether oxygens (including phenoxy) is 1. The molecular formula is C29H43N3O4S. The van der Waals surface area contributed by atoms with E-state index in [0.717, 1.165) is 32.1 Å². The Labute approximate surface area is 227 Å². The highest BCUT2D eigenvalue weighted by Gasteiger charge is 2.43. The van der Waals surface area contributed by atoms with Gasteiger partial charge in [-0.1, -0.05) is 44.2 Å². The lowest BCUT2D eigenvalue weighted by Crippen LogP contribution is -2.60. The van der Waals surface area contributed by atoms with Gasteiger partial charge in [0.25, 0.3) is 0 Å². The van der Waals surface area contributed by atoms with Crippen LogP contribution in [0.3, 0.4) is 0 Å². The van der Waals surface area contributed by atoms with Crippen LogP contribution in [0.15, 0.2) is 24.3 Å². The summed E-state index contributed by atoms with van der Waals surface area (Å²) in [6, 6.07) is 5.29. The molecule has 3 amide bonds. The Balaban J connectivity index is 2.51. The number of amides is 3. The molecule has 0 saturated heterocycles. The number of carbonyl (C=O) groups is 3. The minimum Gasteiger partial charge on any atom is -0.444 e. The molecule has 2 atom stereocenters. The predicted octanol–water partition coefficient (Wildman–Crippen LogP) is 5.00. The van der Waals surface area contributed by atoms with Crippen LogP contribution in [0.25, 0.3) is 0 Å². The van der Waals surface area contributed by atoms with E-state index in [1.54, 1.807) is 49.9 Å². The van der Waals surface area contributed by atoms with Crippen molar-refractivity contribution in [2.45, 2.75) is 109 Å². The third-order valence-electron chi connectivity index (χ3n) is 6.78. The number of nitrogens with one attached hydrogen (secondary N) is 2. The second-order valence-electron chi connectivity index (χ2n) is 11.3. The highest BCUT2D eigenvalue weighted by atomic mass is 32.1. The lowest BCUT2D eigenvalue weighted by atomic mass is 9.91. The van der Waals surface area contributed by atoms with Crippen molar-refractivity contribution in [3.05, 3.63) is 35.4 Å². The topological polar surface area (TPSA) is 87.7 Å². The van der Waals surface area contributed by atoms with Crippen molar-refractivity contribution in [1.29, 1.82) is 0 Å². The Morgan fingerprint density at radius 3 is 2.19 bits per heavy atom. The van der Waals surface area contributed by atoms with Crippen molar-refractivity contribution in [2.75, 3.05) is 5.75 Å². The molecule has 2 unspecified atom stereocenters. The number of alkyl carbamates (subject to hydrolysis) is 1. The van der Waals surface area contributed by atoms with Crippen molar-refractivity contribution < 1.29 is 19.1 Å². The van der Waals surface area contributed by atoms with Crippen LogP contribution in [-0.4, -0.2) is 51.8 Å². The lowest BCUT2D eigenvalue weighted by molar-refractivity contribution is -0.149. The van der Waals surface area contributed by atoms with Gasteiger partial charge in [0, 0.05) is 22.9 Å². The molecular weight excluding hydrogens is 486 g/mol. The van der Waals surface area contributed by atoms with Crippen molar-refractivity contribution >= 4 is 30.5 Å². The minimum atomic E-state index is -0.987. The lowest BCUT2D eigenvalue weighted by Gasteiger charge is -2.45. The summed E-state index contributed by atoms with van der Waals surface area (Å²) in [5.74, 6) is 1.99. The monoisotopic (exact) mass is 529 g/mol. The molecule has 0 aromatic heterocycles. The average Bonchev–Trinajstić information content (AvgIpc) is 2.84. The summed E-state index contributed by atoms with van der Waals surface area (Å²) in [4.78, 5) is 42.2. The van der Waals surface area contributed by atoms with E-state index < -0.39 is 35.2 Å². The summed E-state index contributed by atoms with van der Waals surface area (Å²) >= 11 is 4.36. The number of carbonyl (C=O) groups excluding carboxylic acids is 3. The van der Waals surface area contributed by atoms with Crippen LogP contribution in [0.2, 0.25) is 0 Å². The van der Waals surface area contributed by atoms with Crippen LogP contribution in [-0.2, 0) is 14.3 Å². The normalized spacial score (nSPS) is 16.2. The number of hydrogen-bond donors (Lipinski definition) is 3. The van der Waals surface area contributed by atoms with Crippen LogP contribution < -0.4 is 10.6 Å². The van der Waals surface area contributed by atoms with Gasteiger partial charge in [-0.05, 0) is 71.6 Å². The number of rotatable bonds is 9. The molecule has 8 heteroatoms. The molecule has 2 N–H and O–H groups in total. The van der Waals surface area contributed by atoms with Crippen LogP contribution >= 0.6 is 12.6 Å². The van der Waals surface area contributed by atoms with Crippen LogP contribution in [0.4, 0.5) is 4.79 Å². The fraction of sp³-hybridized carbons (Fsp3) is 0.621. The Morgan fingerprint density at radius 2 is 1.70 bits per heavy atom. The Kier molecular flexibility index (Phi) is 10.9. The van der Waals surface area contributed by atoms with Crippen molar-refractivity contribution in [2.24, 2.45) is 0 Å². The second-order valence-corrected chi connectivity index (χ2v) is 11.6. The van der Waals surface area contributed by atoms with Crippen LogP contribution in [0.5, 0.6) is 0 Å². The van der Waals surface area contributed by atoms with E-state index in [2.05, 4.69) is 29.2 Å². The summed E-state index contributed by atoms with van der Waals surface area (Å²) in [6.07, 6.45) is 10.6. The maximum atomic E-state index is 14.1. The zero-order valence-corrected chi connectivity index (χ0v) is 24.0. The molecule has 0 heterocycles. The molecule has 1 aliphatic rings. The van der Waals surface area contributed by atoms with Gasteiger partial charge in [0.2, 0.25) is 11.8 Å². The van der Waals surface area contributed by atoms with E-state index in [4.69, 9.17) is 11.2 Å². The SMILES string of the molecule is C#Cc1ccc(C(C(=O)NC2CCCCC2)N(C(=O)C(CS)NC(=O)OC(C)(C)C)C(C)(C)CC)cc1. The van der Waals surface area contributed by atoms with Crippen molar-refractivity contribution in [1.82, 2.24) is 15.5 Å². The first-order chi connectivity index (χ1) is 17.3. The highest BCUT2D eigenvalue weighted by Crippen LogP contribution is 2.33. The van der Waals surface area contributed by atoms with Gasteiger partial charge in [-0.25, -0.2) is 4.79 Å². The summed E-state index contributed by atoms with van der Waals surface area (Å²) in [6.45, 7) is 11.1. The molecule has 2 rings (SSSR count). The molecule has 0 spiro atoms. The van der Waals surface area contributed by atoms with Gasteiger partial charge in [0.1, 0.15) is 17.7 Å². The first kappa shape index (κ1) is 30.6. The van der Waals surface area contributed by atoms with Crippen molar-refractivity contribution in [3.63, 3.8) is 0 Å². The van der Waals surface area contributed by atoms with Gasteiger partial charge in [-0.3, -0.25) is 9.59 Å². The summed E-state index contributed by atoms with van der Waals surface area (Å²) in [5.41, 5.74) is -0.106. The molecule has 37 heavy (non-hydrogen) atoms. The Bertz CT molecular complexity index is 972. The maximum absolute atomic E-state index is 14.1. The van der Waals surface area contributed by atoms with E-state index in [0.29, 0.717) is 17.5 Å². The quantitative estimate of drug-likeness (QED) is 0.310. The minimum absolute atomic E-state index is 0.0430. The van der Waals surface area contributed by atoms with E-state index >= 15 is 0 Å². The zero-order valence-electron chi connectivity index (χ0n) is 23.1. The number of nitrogens with zero attached hydrogens (tertiary/aromatic N) is 1. The third-order valence-corrected chi connectivity index (χ3v) is 7.14. The summed E-state index contributed by atoms with van der Waals surface area (Å²) in [5, 5.41) is 5.86. The largest absolute Gasteiger partial charge is 0.444 e.